The van der Waals surface area contributed by atoms with Crippen molar-refractivity contribution in [2.24, 2.45) is 5.92 Å². The molecule has 0 radical (unpaired) electrons. The number of methoxy groups -OCH3 is 1. The second-order valence-corrected chi connectivity index (χ2v) is 7.45. The molecular weight excluding hydrogens is 376 g/mol. The van der Waals surface area contributed by atoms with Gasteiger partial charge >= 0.3 is 0 Å². The van der Waals surface area contributed by atoms with Gasteiger partial charge in [0.15, 0.2) is 0 Å². The highest BCUT2D eigenvalue weighted by atomic mass is 35.5. The summed E-state index contributed by atoms with van der Waals surface area (Å²) in [6, 6.07) is 14.8. The van der Waals surface area contributed by atoms with Crippen LogP contribution in [0.4, 0.5) is 0 Å². The fourth-order valence-electron chi connectivity index (χ4n) is 3.50. The minimum Gasteiger partial charge on any atom is -0.380 e. The second kappa shape index (κ2) is 9.71. The number of likely N-dealkylation sites (tertiary alicyclic amines) is 1. The molecule has 1 aliphatic heterocycles. The monoisotopic (exact) mass is 400 g/mol. The van der Waals surface area contributed by atoms with Gasteiger partial charge in [0.25, 0.3) is 5.91 Å². The molecule has 6 heteroatoms. The van der Waals surface area contributed by atoms with E-state index in [2.05, 4.69) is 5.32 Å². The summed E-state index contributed by atoms with van der Waals surface area (Å²) in [7, 11) is 1.66. The topological polar surface area (TPSA) is 58.6 Å². The van der Waals surface area contributed by atoms with Crippen molar-refractivity contribution in [3.05, 3.63) is 70.2 Å². The highest BCUT2D eigenvalue weighted by Crippen LogP contribution is 2.20. The van der Waals surface area contributed by atoms with Crippen LogP contribution in [0.25, 0.3) is 0 Å². The van der Waals surface area contributed by atoms with E-state index in [4.69, 9.17) is 16.3 Å². The number of nitrogens with one attached hydrogen (secondary N) is 1. The van der Waals surface area contributed by atoms with Crippen molar-refractivity contribution in [2.75, 3.05) is 20.2 Å². The van der Waals surface area contributed by atoms with Gasteiger partial charge in [0, 0.05) is 37.3 Å². The van der Waals surface area contributed by atoms with E-state index in [1.807, 2.05) is 24.3 Å². The zero-order valence-electron chi connectivity index (χ0n) is 16.0. The minimum absolute atomic E-state index is 0.0131. The lowest BCUT2D eigenvalue weighted by molar-refractivity contribution is -0.126. The van der Waals surface area contributed by atoms with Crippen LogP contribution in [-0.4, -0.2) is 36.9 Å². The van der Waals surface area contributed by atoms with Gasteiger partial charge in [-0.05, 0) is 48.2 Å². The average Bonchev–Trinajstić information content (AvgIpc) is 2.73. The smallest absolute Gasteiger partial charge is 0.253 e. The molecule has 1 atom stereocenters. The molecule has 1 N–H and O–H groups in total. The predicted molar refractivity (Wildman–Crippen MR) is 109 cm³/mol. The van der Waals surface area contributed by atoms with Crippen molar-refractivity contribution in [2.45, 2.75) is 26.0 Å². The molecule has 1 fully saturated rings. The first-order valence-corrected chi connectivity index (χ1v) is 9.84. The fourth-order valence-corrected chi connectivity index (χ4v) is 3.63. The third-order valence-electron chi connectivity index (χ3n) is 5.04. The van der Waals surface area contributed by atoms with Gasteiger partial charge in [0.2, 0.25) is 5.91 Å². The molecule has 2 amide bonds. The second-order valence-electron chi connectivity index (χ2n) is 7.02. The van der Waals surface area contributed by atoms with Gasteiger partial charge < -0.3 is 15.0 Å². The maximum atomic E-state index is 12.7. The average molecular weight is 401 g/mol. The molecule has 28 heavy (non-hydrogen) atoms. The highest BCUT2D eigenvalue weighted by Gasteiger charge is 2.28. The largest absolute Gasteiger partial charge is 0.380 e. The number of benzene rings is 2. The van der Waals surface area contributed by atoms with E-state index in [-0.39, 0.29) is 17.7 Å². The number of carbonyl (C=O) groups excluding carboxylic acids is 2. The van der Waals surface area contributed by atoms with Gasteiger partial charge in [-0.15, -0.1) is 0 Å². The quantitative estimate of drug-likeness (QED) is 0.805. The van der Waals surface area contributed by atoms with Gasteiger partial charge in [0.05, 0.1) is 12.5 Å². The van der Waals surface area contributed by atoms with E-state index in [0.29, 0.717) is 36.8 Å². The highest BCUT2D eigenvalue weighted by molar-refractivity contribution is 6.30. The number of rotatable bonds is 6. The lowest BCUT2D eigenvalue weighted by atomic mass is 9.96. The van der Waals surface area contributed by atoms with Crippen LogP contribution < -0.4 is 5.32 Å². The Balaban J connectivity index is 1.58. The van der Waals surface area contributed by atoms with Crippen molar-refractivity contribution in [3.63, 3.8) is 0 Å². The van der Waals surface area contributed by atoms with Crippen LogP contribution in [0.1, 0.15) is 34.3 Å². The lowest BCUT2D eigenvalue weighted by Gasteiger charge is -2.32. The first-order valence-electron chi connectivity index (χ1n) is 9.46. The molecule has 5 nitrogen and oxygen atoms in total. The Morgan fingerprint density at radius 1 is 1.14 bits per heavy atom. The molecule has 148 valence electrons. The van der Waals surface area contributed by atoms with E-state index in [1.54, 1.807) is 36.3 Å². The van der Waals surface area contributed by atoms with Crippen LogP contribution in [-0.2, 0) is 22.7 Å². The van der Waals surface area contributed by atoms with E-state index in [1.165, 1.54) is 0 Å². The Morgan fingerprint density at radius 3 is 2.57 bits per heavy atom. The van der Waals surface area contributed by atoms with Crippen LogP contribution >= 0.6 is 11.6 Å². The zero-order valence-corrected chi connectivity index (χ0v) is 16.7. The molecule has 2 aromatic rings. The Hall–Kier alpha value is -2.37. The summed E-state index contributed by atoms with van der Waals surface area (Å²) in [6.45, 7) is 2.08. The normalized spacial score (nSPS) is 16.6. The number of amides is 2. The van der Waals surface area contributed by atoms with Gasteiger partial charge in [-0.1, -0.05) is 35.9 Å². The Bertz CT molecular complexity index is 823. The first-order chi connectivity index (χ1) is 13.6. The number of halogens is 1. The summed E-state index contributed by atoms with van der Waals surface area (Å²) < 4.78 is 5.22. The number of hydrogen-bond donors (Lipinski definition) is 1. The third kappa shape index (κ3) is 5.12. The third-order valence-corrected chi connectivity index (χ3v) is 5.29. The molecule has 1 saturated heterocycles. The van der Waals surface area contributed by atoms with Crippen molar-refractivity contribution in [3.8, 4) is 0 Å². The number of hydrogen-bond acceptors (Lipinski definition) is 3. The number of ether oxygens (including phenoxy) is 1. The van der Waals surface area contributed by atoms with Crippen LogP contribution in [0.15, 0.2) is 48.5 Å². The van der Waals surface area contributed by atoms with E-state index >= 15 is 0 Å². The summed E-state index contributed by atoms with van der Waals surface area (Å²) in [5.74, 6) is -0.264. The van der Waals surface area contributed by atoms with Crippen molar-refractivity contribution in [1.29, 1.82) is 0 Å². The molecular formula is C22H25ClN2O3. The molecule has 1 heterocycles. The number of piperidine rings is 1. The molecule has 1 aliphatic rings. The fraction of sp³-hybridized carbons (Fsp3) is 0.364. The maximum absolute atomic E-state index is 12.7. The van der Waals surface area contributed by atoms with E-state index in [0.717, 1.165) is 24.0 Å². The SMILES string of the molecule is COCc1ccccc1CNC(=O)C1CCCN(C(=O)c2ccc(Cl)cc2)C1. The summed E-state index contributed by atoms with van der Waals surface area (Å²) in [6.07, 6.45) is 1.60. The van der Waals surface area contributed by atoms with Crippen molar-refractivity contribution in [1.82, 2.24) is 10.2 Å². The standard InChI is InChI=1S/C22H25ClN2O3/c1-28-15-19-6-3-2-5-17(19)13-24-21(26)18-7-4-12-25(14-18)22(27)16-8-10-20(23)11-9-16/h2-3,5-6,8-11,18H,4,7,12-15H2,1H3,(H,24,26). The molecule has 2 aromatic carbocycles. The molecule has 0 saturated carbocycles. The molecule has 0 aromatic heterocycles. The number of carbonyl (C=O) groups is 2. The Labute approximate surface area is 170 Å². The van der Waals surface area contributed by atoms with Gasteiger partial charge in [0.1, 0.15) is 0 Å². The maximum Gasteiger partial charge on any atom is 0.253 e. The van der Waals surface area contributed by atoms with Gasteiger partial charge in [-0.25, -0.2) is 0 Å². The van der Waals surface area contributed by atoms with Crippen LogP contribution in [0, 0.1) is 5.92 Å². The van der Waals surface area contributed by atoms with Gasteiger partial charge in [-0.2, -0.15) is 0 Å². The van der Waals surface area contributed by atoms with Gasteiger partial charge in [-0.3, -0.25) is 9.59 Å². The zero-order chi connectivity index (χ0) is 19.9. The summed E-state index contributed by atoms with van der Waals surface area (Å²) in [5, 5.41) is 3.62. The van der Waals surface area contributed by atoms with E-state index < -0.39 is 0 Å². The molecule has 3 rings (SSSR count). The Morgan fingerprint density at radius 2 is 1.86 bits per heavy atom. The Kier molecular flexibility index (Phi) is 7.06. The number of nitrogens with zero attached hydrogens (tertiary/aromatic N) is 1. The summed E-state index contributed by atoms with van der Waals surface area (Å²) in [5.41, 5.74) is 2.70. The predicted octanol–water partition coefficient (Wildman–Crippen LogP) is 3.66. The first kappa shape index (κ1) is 20.4. The molecule has 1 unspecified atom stereocenters. The van der Waals surface area contributed by atoms with Crippen molar-refractivity contribution >= 4 is 23.4 Å². The lowest BCUT2D eigenvalue weighted by Crippen LogP contribution is -2.45. The van der Waals surface area contributed by atoms with Crippen molar-refractivity contribution < 1.29 is 14.3 Å². The molecule has 0 bridgehead atoms. The molecule has 0 aliphatic carbocycles. The summed E-state index contributed by atoms with van der Waals surface area (Å²) >= 11 is 5.90. The van der Waals surface area contributed by atoms with Crippen LogP contribution in [0.5, 0.6) is 0 Å². The summed E-state index contributed by atoms with van der Waals surface area (Å²) in [4.78, 5) is 27.2. The van der Waals surface area contributed by atoms with Crippen LogP contribution in [0.2, 0.25) is 5.02 Å². The minimum atomic E-state index is -0.195. The van der Waals surface area contributed by atoms with E-state index in [9.17, 15) is 9.59 Å². The van der Waals surface area contributed by atoms with Crippen LogP contribution in [0.3, 0.4) is 0 Å². The molecule has 0 spiro atoms.